The minimum absolute atomic E-state index is 0.0412. The van der Waals surface area contributed by atoms with Crippen LogP contribution in [0, 0.1) is 0 Å². The maximum Gasteiger partial charge on any atom is 0.338 e. The maximum absolute atomic E-state index is 11.6. The first-order valence-electron chi connectivity index (χ1n) is 9.46. The van der Waals surface area contributed by atoms with Crippen LogP contribution in [-0.4, -0.2) is 29.9 Å². The first-order chi connectivity index (χ1) is 13.2. The summed E-state index contributed by atoms with van der Waals surface area (Å²) in [6.45, 7) is 8.64. The van der Waals surface area contributed by atoms with Gasteiger partial charge in [0.05, 0.1) is 12.7 Å². The number of phenols is 2. The third kappa shape index (κ3) is 8.33. The van der Waals surface area contributed by atoms with E-state index in [0.29, 0.717) is 0 Å². The Balaban J connectivity index is 2.55. The van der Waals surface area contributed by atoms with Gasteiger partial charge in [0.25, 0.3) is 0 Å². The molecule has 1 aromatic carbocycles. The predicted octanol–water partition coefficient (Wildman–Crippen LogP) is 5.68. The summed E-state index contributed by atoms with van der Waals surface area (Å²) in [5.74, 6) is -1.39. The van der Waals surface area contributed by atoms with Gasteiger partial charge >= 0.3 is 5.97 Å². The van der Waals surface area contributed by atoms with Crippen LogP contribution in [0.25, 0.3) is 0 Å². The number of aromatic hydroxyl groups is 2. The third-order valence-corrected chi connectivity index (χ3v) is 4.27. The highest BCUT2D eigenvalue weighted by atomic mass is 16.5. The summed E-state index contributed by atoms with van der Waals surface area (Å²) in [6.07, 6.45) is 10.5. The third-order valence-electron chi connectivity index (χ3n) is 4.27. The van der Waals surface area contributed by atoms with Gasteiger partial charge in [-0.1, -0.05) is 28.9 Å². The Labute approximate surface area is 168 Å². The van der Waals surface area contributed by atoms with Crippen molar-refractivity contribution < 1.29 is 24.5 Å². The number of ether oxygens (including phenoxy) is 2. The van der Waals surface area contributed by atoms with Gasteiger partial charge in [0.15, 0.2) is 11.5 Å². The Morgan fingerprint density at radius 3 is 2.18 bits per heavy atom. The van der Waals surface area contributed by atoms with E-state index in [0.717, 1.165) is 31.7 Å². The summed E-state index contributed by atoms with van der Waals surface area (Å²) in [5.41, 5.74) is 4.02. The quantitative estimate of drug-likeness (QED) is 0.306. The van der Waals surface area contributed by atoms with Crippen LogP contribution in [0.4, 0.5) is 0 Å². The van der Waals surface area contributed by atoms with Crippen LogP contribution in [0.1, 0.15) is 63.7 Å². The zero-order chi connectivity index (χ0) is 21.1. The van der Waals surface area contributed by atoms with Gasteiger partial charge in [0, 0.05) is 0 Å². The molecule has 5 nitrogen and oxygen atoms in total. The molecule has 1 aromatic rings. The normalized spacial score (nSPS) is 11.9. The lowest BCUT2D eigenvalue weighted by atomic mass is 10.1. The Morgan fingerprint density at radius 1 is 0.964 bits per heavy atom. The first-order valence-corrected chi connectivity index (χ1v) is 9.46. The van der Waals surface area contributed by atoms with Crippen LogP contribution < -0.4 is 4.74 Å². The number of carbonyl (C=O) groups excluding carboxylic acids is 1. The molecule has 0 fully saturated rings. The maximum atomic E-state index is 11.6. The molecule has 0 bridgehead atoms. The molecule has 28 heavy (non-hydrogen) atoms. The van der Waals surface area contributed by atoms with Crippen molar-refractivity contribution in [2.24, 2.45) is 0 Å². The number of hydrogen-bond donors (Lipinski definition) is 2. The van der Waals surface area contributed by atoms with E-state index in [2.05, 4.69) is 37.7 Å². The molecule has 5 heteroatoms. The average molecular weight is 389 g/mol. The fraction of sp³-hybridized carbons (Fsp3) is 0.435. The fourth-order valence-corrected chi connectivity index (χ4v) is 2.55. The van der Waals surface area contributed by atoms with Gasteiger partial charge in [0.2, 0.25) is 5.75 Å². The molecule has 0 saturated heterocycles. The molecular formula is C23H32O5. The second-order valence-corrected chi connectivity index (χ2v) is 7.10. The zero-order valence-electron chi connectivity index (χ0n) is 17.5. The van der Waals surface area contributed by atoms with Crippen LogP contribution in [0.5, 0.6) is 17.2 Å². The van der Waals surface area contributed by atoms with Crippen LogP contribution in [-0.2, 0) is 4.74 Å². The summed E-state index contributed by atoms with van der Waals surface area (Å²) in [4.78, 5) is 11.6. The molecule has 2 N–H and O–H groups in total. The van der Waals surface area contributed by atoms with E-state index in [1.807, 2.05) is 13.0 Å². The fourth-order valence-electron chi connectivity index (χ4n) is 2.55. The van der Waals surface area contributed by atoms with Gasteiger partial charge in [-0.25, -0.2) is 4.79 Å². The summed E-state index contributed by atoms with van der Waals surface area (Å²) in [6, 6.07) is 2.49. The lowest BCUT2D eigenvalue weighted by Gasteiger charge is -2.10. The standard InChI is InChI=1S/C23H32O5/c1-16(2)8-6-9-17(3)10-7-11-18(4)12-13-28-21-15-19(23(26)27-5)14-20(24)22(21)25/h8,10,12,14-15,24-25H,6-7,9,11,13H2,1-5H3/b17-10+,18-12+. The number of hydrogen-bond acceptors (Lipinski definition) is 5. The Kier molecular flexibility index (Phi) is 9.93. The number of esters is 1. The lowest BCUT2D eigenvalue weighted by Crippen LogP contribution is -2.03. The van der Waals surface area contributed by atoms with Gasteiger partial charge < -0.3 is 19.7 Å². The van der Waals surface area contributed by atoms with Crippen molar-refractivity contribution in [1.29, 1.82) is 0 Å². The van der Waals surface area contributed by atoms with Gasteiger partial charge in [-0.15, -0.1) is 0 Å². The number of phenolic OH excluding ortho intramolecular Hbond substituents is 2. The van der Waals surface area contributed by atoms with E-state index in [1.165, 1.54) is 29.9 Å². The summed E-state index contributed by atoms with van der Waals surface area (Å²) < 4.78 is 10.1. The summed E-state index contributed by atoms with van der Waals surface area (Å²) in [7, 11) is 1.25. The zero-order valence-corrected chi connectivity index (χ0v) is 17.5. The second-order valence-electron chi connectivity index (χ2n) is 7.10. The van der Waals surface area contributed by atoms with Gasteiger partial charge in [0.1, 0.15) is 6.61 Å². The Bertz CT molecular complexity index is 753. The SMILES string of the molecule is COC(=O)c1cc(O)c(O)c(OC/C=C(\C)CC/C=C(\C)CCC=C(C)C)c1. The molecule has 0 spiro atoms. The van der Waals surface area contributed by atoms with Crippen molar-refractivity contribution in [3.63, 3.8) is 0 Å². The Hall–Kier alpha value is -2.69. The lowest BCUT2D eigenvalue weighted by molar-refractivity contribution is 0.0599. The minimum atomic E-state index is -0.612. The monoisotopic (exact) mass is 388 g/mol. The number of benzene rings is 1. The van der Waals surface area contributed by atoms with E-state index in [1.54, 1.807) is 0 Å². The van der Waals surface area contributed by atoms with Gasteiger partial charge in [-0.05, 0) is 71.6 Å². The van der Waals surface area contributed by atoms with E-state index in [-0.39, 0.29) is 17.9 Å². The molecule has 0 heterocycles. The van der Waals surface area contributed by atoms with Crippen LogP contribution in [0.2, 0.25) is 0 Å². The van der Waals surface area contributed by atoms with Crippen molar-refractivity contribution in [2.45, 2.75) is 53.4 Å². The molecule has 0 unspecified atom stereocenters. The molecule has 0 aliphatic heterocycles. The number of methoxy groups -OCH3 is 1. The molecule has 0 aliphatic carbocycles. The number of carbonyl (C=O) groups is 1. The van der Waals surface area contributed by atoms with Gasteiger partial charge in [-0.2, -0.15) is 0 Å². The molecule has 0 aromatic heterocycles. The molecule has 0 amide bonds. The van der Waals surface area contributed by atoms with E-state index < -0.39 is 17.5 Å². The van der Waals surface area contributed by atoms with Crippen LogP contribution in [0.3, 0.4) is 0 Å². The molecule has 0 aliphatic rings. The van der Waals surface area contributed by atoms with Crippen molar-refractivity contribution in [2.75, 3.05) is 13.7 Å². The molecule has 0 saturated carbocycles. The number of rotatable bonds is 10. The molecule has 0 atom stereocenters. The van der Waals surface area contributed by atoms with Crippen molar-refractivity contribution in [3.8, 4) is 17.2 Å². The van der Waals surface area contributed by atoms with Crippen LogP contribution in [0.15, 0.2) is 47.1 Å². The second kappa shape index (κ2) is 11.9. The van der Waals surface area contributed by atoms with E-state index in [9.17, 15) is 15.0 Å². The van der Waals surface area contributed by atoms with E-state index >= 15 is 0 Å². The van der Waals surface area contributed by atoms with Crippen LogP contribution >= 0.6 is 0 Å². The summed E-state index contributed by atoms with van der Waals surface area (Å²) >= 11 is 0. The molecule has 0 radical (unpaired) electrons. The highest BCUT2D eigenvalue weighted by molar-refractivity contribution is 5.91. The van der Waals surface area contributed by atoms with E-state index in [4.69, 9.17) is 4.74 Å². The van der Waals surface area contributed by atoms with Crippen molar-refractivity contribution in [1.82, 2.24) is 0 Å². The molecule has 1 rings (SSSR count). The first kappa shape index (κ1) is 23.3. The average Bonchev–Trinajstić information content (AvgIpc) is 2.64. The highest BCUT2D eigenvalue weighted by Gasteiger charge is 2.15. The summed E-state index contributed by atoms with van der Waals surface area (Å²) in [5, 5.41) is 19.6. The largest absolute Gasteiger partial charge is 0.504 e. The van der Waals surface area contributed by atoms with Crippen molar-refractivity contribution in [3.05, 3.63) is 52.6 Å². The Morgan fingerprint density at radius 2 is 1.57 bits per heavy atom. The molecular weight excluding hydrogens is 356 g/mol. The van der Waals surface area contributed by atoms with Crippen molar-refractivity contribution >= 4 is 5.97 Å². The predicted molar refractivity (Wildman–Crippen MR) is 112 cm³/mol. The molecule has 154 valence electrons. The number of allylic oxidation sites excluding steroid dienone is 5. The minimum Gasteiger partial charge on any atom is -0.504 e. The highest BCUT2D eigenvalue weighted by Crippen LogP contribution is 2.36. The topological polar surface area (TPSA) is 76.0 Å². The smallest absolute Gasteiger partial charge is 0.338 e. The van der Waals surface area contributed by atoms with Gasteiger partial charge in [-0.3, -0.25) is 0 Å².